The van der Waals surface area contributed by atoms with Crippen molar-refractivity contribution >= 4 is 11.9 Å². The number of piperazine rings is 1. The molecule has 1 atom stereocenters. The Balaban J connectivity index is 1.59. The number of hydrogen-bond acceptors (Lipinski definition) is 6. The highest BCUT2D eigenvalue weighted by Crippen LogP contribution is 2.25. The Morgan fingerprint density at radius 1 is 1.00 bits per heavy atom. The molecule has 0 bridgehead atoms. The zero-order valence-electron chi connectivity index (χ0n) is 15.7. The van der Waals surface area contributed by atoms with Gasteiger partial charge in [0.2, 0.25) is 0 Å². The molecule has 0 spiro atoms. The molecule has 2 fully saturated rings. The summed E-state index contributed by atoms with van der Waals surface area (Å²) in [4.78, 5) is 9.76. The molecule has 0 aliphatic carbocycles. The van der Waals surface area contributed by atoms with Crippen LogP contribution in [0.4, 0.5) is 5.69 Å². The van der Waals surface area contributed by atoms with Gasteiger partial charge in [0.05, 0.1) is 0 Å². The molecular formula is C20H30N6. The summed E-state index contributed by atoms with van der Waals surface area (Å²) in [5, 5.41) is 10.9. The van der Waals surface area contributed by atoms with Crippen molar-refractivity contribution in [1.82, 2.24) is 20.4 Å². The number of anilines is 1. The Labute approximate surface area is 156 Å². The predicted octanol–water partition coefficient (Wildman–Crippen LogP) is 1.92. The summed E-state index contributed by atoms with van der Waals surface area (Å²) in [5.74, 6) is 0.552. The van der Waals surface area contributed by atoms with Gasteiger partial charge in [-0.05, 0) is 44.4 Å². The van der Waals surface area contributed by atoms with Gasteiger partial charge in [-0.2, -0.15) is 0 Å². The molecule has 6 heteroatoms. The summed E-state index contributed by atoms with van der Waals surface area (Å²) in [5.41, 5.74) is 2.35. The van der Waals surface area contributed by atoms with Gasteiger partial charge in [0.25, 0.3) is 5.91 Å². The Kier molecular flexibility index (Phi) is 5.13. The second-order valence-corrected chi connectivity index (χ2v) is 7.40. The Bertz CT molecular complexity index is 655. The van der Waals surface area contributed by atoms with Crippen LogP contribution in [0.15, 0.2) is 41.2 Å². The van der Waals surface area contributed by atoms with Crippen molar-refractivity contribution in [3.63, 3.8) is 0 Å². The quantitative estimate of drug-likeness (QED) is 0.771. The lowest BCUT2D eigenvalue weighted by atomic mass is 10.1. The minimum Gasteiger partial charge on any atom is -0.358 e. The summed E-state index contributed by atoms with van der Waals surface area (Å²) < 4.78 is 0. The van der Waals surface area contributed by atoms with Crippen molar-refractivity contribution < 1.29 is 0 Å². The molecule has 26 heavy (non-hydrogen) atoms. The van der Waals surface area contributed by atoms with E-state index in [1.165, 1.54) is 30.6 Å². The first kappa shape index (κ1) is 17.4. The van der Waals surface area contributed by atoms with Crippen LogP contribution in [0.2, 0.25) is 0 Å². The summed E-state index contributed by atoms with van der Waals surface area (Å²) in [6.45, 7) is 8.23. The zero-order valence-corrected chi connectivity index (χ0v) is 15.7. The van der Waals surface area contributed by atoms with Crippen LogP contribution in [0.3, 0.4) is 0 Å². The molecular weight excluding hydrogens is 324 g/mol. The van der Waals surface area contributed by atoms with E-state index in [-0.39, 0.29) is 0 Å². The van der Waals surface area contributed by atoms with Gasteiger partial charge < -0.3 is 20.9 Å². The maximum Gasteiger partial charge on any atom is 0.270 e. The molecule has 6 nitrogen and oxygen atoms in total. The lowest BCUT2D eigenvalue weighted by molar-refractivity contribution is 0.0691. The number of aliphatic imine (C=N–C) groups is 1. The predicted molar refractivity (Wildman–Crippen MR) is 107 cm³/mol. The fourth-order valence-electron chi connectivity index (χ4n) is 3.92. The average molecular weight is 355 g/mol. The first-order chi connectivity index (χ1) is 12.8. The maximum atomic E-state index is 4.90. The normalized spacial score (nSPS) is 27.0. The van der Waals surface area contributed by atoms with Gasteiger partial charge in [-0.15, -0.1) is 0 Å². The number of hydrogen-bond donors (Lipinski definition) is 3. The molecule has 0 aromatic heterocycles. The number of rotatable bonds is 4. The molecule has 3 aliphatic rings. The monoisotopic (exact) mass is 354 g/mol. The van der Waals surface area contributed by atoms with Crippen molar-refractivity contribution in [3.8, 4) is 0 Å². The summed E-state index contributed by atoms with van der Waals surface area (Å²) in [6, 6.07) is 8.55. The van der Waals surface area contributed by atoms with Crippen LogP contribution in [0.5, 0.6) is 0 Å². The molecule has 0 saturated carbocycles. The van der Waals surface area contributed by atoms with Gasteiger partial charge in [0.15, 0.2) is 0 Å². The Morgan fingerprint density at radius 2 is 1.73 bits per heavy atom. The van der Waals surface area contributed by atoms with Crippen LogP contribution in [0.1, 0.15) is 24.8 Å². The molecule has 0 radical (unpaired) electrons. The lowest BCUT2D eigenvalue weighted by Gasteiger charge is -2.47. The van der Waals surface area contributed by atoms with E-state index in [4.69, 9.17) is 4.99 Å². The average Bonchev–Trinajstić information content (AvgIpc) is 2.71. The molecule has 140 valence electrons. The van der Waals surface area contributed by atoms with Crippen LogP contribution in [0, 0.1) is 6.92 Å². The van der Waals surface area contributed by atoms with Gasteiger partial charge >= 0.3 is 0 Å². The largest absolute Gasteiger partial charge is 0.358 e. The molecule has 3 aliphatic heterocycles. The molecule has 3 N–H and O–H groups in total. The van der Waals surface area contributed by atoms with E-state index >= 15 is 0 Å². The number of piperidine rings is 1. The van der Waals surface area contributed by atoms with E-state index in [0.29, 0.717) is 0 Å². The fraction of sp³-hybridized carbons (Fsp3) is 0.550. The first-order valence-electron chi connectivity index (χ1n) is 9.84. The minimum atomic E-state index is -0.626. The fourth-order valence-corrected chi connectivity index (χ4v) is 3.92. The zero-order chi connectivity index (χ0) is 17.8. The lowest BCUT2D eigenvalue weighted by Crippen LogP contribution is -2.68. The minimum absolute atomic E-state index is 0.626. The molecule has 1 aromatic rings. The van der Waals surface area contributed by atoms with E-state index < -0.39 is 5.91 Å². The number of nitrogens with zero attached hydrogens (tertiary/aromatic N) is 3. The SMILES string of the molecule is Cc1ccc(NC2(N3CCNCC3)N=CC=C(N3CCCCC3)N2)cc1. The van der Waals surface area contributed by atoms with Crippen LogP contribution < -0.4 is 16.0 Å². The number of nitrogens with one attached hydrogen (secondary N) is 3. The van der Waals surface area contributed by atoms with E-state index in [1.54, 1.807) is 0 Å². The van der Waals surface area contributed by atoms with Gasteiger partial charge in [0, 0.05) is 51.2 Å². The van der Waals surface area contributed by atoms with Gasteiger partial charge in [-0.3, -0.25) is 0 Å². The number of aryl methyl sites for hydroxylation is 1. The number of benzene rings is 1. The van der Waals surface area contributed by atoms with Crippen molar-refractivity contribution in [3.05, 3.63) is 41.7 Å². The first-order valence-corrected chi connectivity index (χ1v) is 9.84. The summed E-state index contributed by atoms with van der Waals surface area (Å²) in [7, 11) is 0. The highest BCUT2D eigenvalue weighted by atomic mass is 15.6. The van der Waals surface area contributed by atoms with E-state index in [2.05, 4.69) is 63.0 Å². The third-order valence-electron chi connectivity index (χ3n) is 5.44. The van der Waals surface area contributed by atoms with E-state index in [9.17, 15) is 0 Å². The molecule has 3 heterocycles. The topological polar surface area (TPSA) is 54.9 Å². The highest BCUT2D eigenvalue weighted by Gasteiger charge is 2.39. The third-order valence-corrected chi connectivity index (χ3v) is 5.44. The molecule has 4 rings (SSSR count). The number of allylic oxidation sites excluding steroid dienone is 1. The third kappa shape index (κ3) is 3.71. The number of likely N-dealkylation sites (tertiary alicyclic amines) is 1. The van der Waals surface area contributed by atoms with Crippen LogP contribution in [0.25, 0.3) is 0 Å². The van der Waals surface area contributed by atoms with E-state index in [1.807, 2.05) is 6.21 Å². The summed E-state index contributed by atoms with van der Waals surface area (Å²) >= 11 is 0. The Hall–Kier alpha value is -2.05. The maximum absolute atomic E-state index is 4.90. The van der Waals surface area contributed by atoms with Crippen molar-refractivity contribution in [2.24, 2.45) is 4.99 Å². The standard InChI is InChI=1S/C20H30N6/c1-17-5-7-18(8-6-17)23-20(26-15-11-21-12-16-26)22-10-9-19(24-20)25-13-3-2-4-14-25/h5-10,21,23-24H,2-4,11-16H2,1H3. The second-order valence-electron chi connectivity index (χ2n) is 7.40. The van der Waals surface area contributed by atoms with Crippen LogP contribution >= 0.6 is 0 Å². The molecule has 1 aromatic carbocycles. The summed E-state index contributed by atoms with van der Waals surface area (Å²) in [6.07, 6.45) is 7.94. The molecule has 0 amide bonds. The van der Waals surface area contributed by atoms with Gasteiger partial charge in [-0.1, -0.05) is 17.7 Å². The van der Waals surface area contributed by atoms with Crippen molar-refractivity contribution in [2.45, 2.75) is 32.1 Å². The van der Waals surface area contributed by atoms with Crippen LogP contribution in [-0.2, 0) is 0 Å². The highest BCUT2D eigenvalue weighted by molar-refractivity contribution is 5.74. The van der Waals surface area contributed by atoms with E-state index in [0.717, 1.165) is 45.0 Å². The van der Waals surface area contributed by atoms with Crippen molar-refractivity contribution in [1.29, 1.82) is 0 Å². The van der Waals surface area contributed by atoms with Gasteiger partial charge in [0.1, 0.15) is 5.82 Å². The molecule has 2 saturated heterocycles. The molecule has 1 unspecified atom stereocenters. The van der Waals surface area contributed by atoms with Crippen LogP contribution in [-0.4, -0.2) is 61.2 Å². The van der Waals surface area contributed by atoms with Gasteiger partial charge in [-0.25, -0.2) is 9.89 Å². The smallest absolute Gasteiger partial charge is 0.270 e. The Morgan fingerprint density at radius 3 is 2.46 bits per heavy atom. The van der Waals surface area contributed by atoms with Crippen molar-refractivity contribution in [2.75, 3.05) is 44.6 Å². The second kappa shape index (κ2) is 7.68.